The molecular formula is C8H8S. The lowest BCUT2D eigenvalue weighted by molar-refractivity contribution is 1.20. The van der Waals surface area contributed by atoms with Crippen LogP contribution in [-0.4, -0.2) is 5.75 Å². The maximum absolute atomic E-state index is 3.93. The summed E-state index contributed by atoms with van der Waals surface area (Å²) in [5.41, 5.74) is 2.72. The van der Waals surface area contributed by atoms with Gasteiger partial charge >= 0.3 is 0 Å². The van der Waals surface area contributed by atoms with Gasteiger partial charge < -0.3 is 0 Å². The largest absolute Gasteiger partial charge is 0.125 e. The average molecular weight is 136 g/mol. The van der Waals surface area contributed by atoms with Crippen molar-refractivity contribution in [3.05, 3.63) is 34.8 Å². The quantitative estimate of drug-likeness (QED) is 0.493. The highest BCUT2D eigenvalue weighted by Gasteiger charge is 2.17. The van der Waals surface area contributed by atoms with Gasteiger partial charge in [0, 0.05) is 10.7 Å². The molecular weight excluding hydrogens is 128 g/mol. The standard InChI is InChI=1S/C8H8S/c1-6-2-3-7-4-5-9-8(6)7/h2-3H,1,4-5H2. The Morgan fingerprint density at radius 1 is 1.44 bits per heavy atom. The van der Waals surface area contributed by atoms with Gasteiger partial charge in [-0.1, -0.05) is 18.7 Å². The van der Waals surface area contributed by atoms with Crippen LogP contribution in [0, 0.1) is 0 Å². The van der Waals surface area contributed by atoms with Crippen LogP contribution in [0.5, 0.6) is 0 Å². The average Bonchev–Trinajstić information content (AvgIpc) is 2.35. The van der Waals surface area contributed by atoms with Crippen LogP contribution in [0.3, 0.4) is 0 Å². The van der Waals surface area contributed by atoms with E-state index in [1.54, 1.807) is 0 Å². The van der Waals surface area contributed by atoms with E-state index in [9.17, 15) is 0 Å². The van der Waals surface area contributed by atoms with Gasteiger partial charge in [-0.3, -0.25) is 0 Å². The molecule has 2 rings (SSSR count). The normalized spacial score (nSPS) is 23.8. The highest BCUT2D eigenvalue weighted by molar-refractivity contribution is 8.03. The monoisotopic (exact) mass is 136 g/mol. The van der Waals surface area contributed by atoms with E-state index in [0.717, 1.165) is 0 Å². The first kappa shape index (κ1) is 5.36. The third-order valence-corrected chi connectivity index (χ3v) is 2.91. The van der Waals surface area contributed by atoms with Gasteiger partial charge in [0.25, 0.3) is 0 Å². The molecule has 0 N–H and O–H groups in total. The third-order valence-electron chi connectivity index (χ3n) is 1.69. The van der Waals surface area contributed by atoms with Crippen LogP contribution in [0.15, 0.2) is 34.8 Å². The molecule has 0 nitrogen and oxygen atoms in total. The van der Waals surface area contributed by atoms with Gasteiger partial charge in [-0.05, 0) is 17.6 Å². The van der Waals surface area contributed by atoms with Crippen molar-refractivity contribution in [3.63, 3.8) is 0 Å². The predicted octanol–water partition coefficient (Wildman–Crippen LogP) is 2.50. The first-order valence-electron chi connectivity index (χ1n) is 3.11. The van der Waals surface area contributed by atoms with Crippen LogP contribution >= 0.6 is 11.8 Å². The molecule has 0 unspecified atom stereocenters. The van der Waals surface area contributed by atoms with Crippen molar-refractivity contribution < 1.29 is 0 Å². The first-order valence-corrected chi connectivity index (χ1v) is 4.10. The van der Waals surface area contributed by atoms with E-state index in [1.165, 1.54) is 28.2 Å². The molecule has 0 saturated heterocycles. The zero-order chi connectivity index (χ0) is 6.27. The number of hydrogen-bond donors (Lipinski definition) is 0. The number of allylic oxidation sites excluding steroid dienone is 4. The summed E-state index contributed by atoms with van der Waals surface area (Å²) in [7, 11) is 0. The number of thioether (sulfide) groups is 1. The van der Waals surface area contributed by atoms with Gasteiger partial charge in [-0.2, -0.15) is 0 Å². The predicted molar refractivity (Wildman–Crippen MR) is 42.4 cm³/mol. The highest BCUT2D eigenvalue weighted by Crippen LogP contribution is 2.40. The summed E-state index contributed by atoms with van der Waals surface area (Å²) in [5.74, 6) is 1.26. The van der Waals surface area contributed by atoms with Gasteiger partial charge in [-0.15, -0.1) is 11.8 Å². The van der Waals surface area contributed by atoms with Gasteiger partial charge in [0.15, 0.2) is 0 Å². The molecule has 9 heavy (non-hydrogen) atoms. The van der Waals surface area contributed by atoms with E-state index in [2.05, 4.69) is 18.7 Å². The van der Waals surface area contributed by atoms with Gasteiger partial charge in [0.1, 0.15) is 0 Å². The highest BCUT2D eigenvalue weighted by atomic mass is 32.2. The molecule has 1 heterocycles. The molecule has 0 amide bonds. The molecule has 0 fully saturated rings. The van der Waals surface area contributed by atoms with Crippen molar-refractivity contribution in [1.82, 2.24) is 0 Å². The second-order valence-corrected chi connectivity index (χ2v) is 3.42. The Labute approximate surface area is 59.3 Å². The summed E-state index contributed by atoms with van der Waals surface area (Å²) in [6.45, 7) is 3.93. The third kappa shape index (κ3) is 0.681. The van der Waals surface area contributed by atoms with Crippen molar-refractivity contribution in [2.24, 2.45) is 0 Å². The molecule has 1 aliphatic heterocycles. The van der Waals surface area contributed by atoms with Gasteiger partial charge in [-0.25, -0.2) is 0 Å². The Hall–Kier alpha value is -0.430. The molecule has 1 aliphatic carbocycles. The van der Waals surface area contributed by atoms with E-state index in [-0.39, 0.29) is 0 Å². The second-order valence-electron chi connectivity index (χ2n) is 2.31. The molecule has 0 spiro atoms. The second kappa shape index (κ2) is 1.77. The lowest BCUT2D eigenvalue weighted by Gasteiger charge is -1.93. The summed E-state index contributed by atoms with van der Waals surface area (Å²) >= 11 is 1.94. The van der Waals surface area contributed by atoms with Crippen LogP contribution < -0.4 is 0 Å². The maximum atomic E-state index is 3.93. The van der Waals surface area contributed by atoms with Crippen LogP contribution in [-0.2, 0) is 0 Å². The Morgan fingerprint density at radius 2 is 2.33 bits per heavy atom. The lowest BCUT2D eigenvalue weighted by atomic mass is 10.2. The van der Waals surface area contributed by atoms with E-state index in [4.69, 9.17) is 0 Å². The van der Waals surface area contributed by atoms with E-state index >= 15 is 0 Å². The van der Waals surface area contributed by atoms with E-state index < -0.39 is 0 Å². The van der Waals surface area contributed by atoms with Crippen LogP contribution in [0.4, 0.5) is 0 Å². The first-order chi connectivity index (χ1) is 4.38. The maximum Gasteiger partial charge on any atom is 0.0171 e. The number of rotatable bonds is 0. The fraction of sp³-hybridized carbons (Fsp3) is 0.250. The molecule has 0 saturated carbocycles. The smallest absolute Gasteiger partial charge is 0.0171 e. The lowest BCUT2D eigenvalue weighted by Crippen LogP contribution is -1.69. The topological polar surface area (TPSA) is 0 Å². The SMILES string of the molecule is C=C1C=CC2=C1SCC2. The summed E-state index contributed by atoms with van der Waals surface area (Å²) < 4.78 is 0. The molecule has 1 heteroatoms. The molecule has 46 valence electrons. The molecule has 0 aromatic rings. The molecule has 0 aromatic heterocycles. The fourth-order valence-electron chi connectivity index (χ4n) is 1.20. The van der Waals surface area contributed by atoms with Gasteiger partial charge in [0.05, 0.1) is 0 Å². The van der Waals surface area contributed by atoms with Crippen molar-refractivity contribution in [1.29, 1.82) is 0 Å². The van der Waals surface area contributed by atoms with E-state index in [1.807, 2.05) is 11.8 Å². The molecule has 2 aliphatic rings. The van der Waals surface area contributed by atoms with E-state index in [0.29, 0.717) is 0 Å². The Morgan fingerprint density at radius 3 is 3.11 bits per heavy atom. The van der Waals surface area contributed by atoms with Crippen molar-refractivity contribution in [2.45, 2.75) is 6.42 Å². The Kier molecular flexibility index (Phi) is 1.06. The van der Waals surface area contributed by atoms with Crippen LogP contribution in [0.1, 0.15) is 6.42 Å². The minimum atomic E-state index is 1.22. The summed E-state index contributed by atoms with van der Waals surface area (Å²) in [6.07, 6.45) is 5.55. The fourth-order valence-corrected chi connectivity index (χ4v) is 2.34. The Bertz CT molecular complexity index is 215. The molecule has 0 radical (unpaired) electrons. The van der Waals surface area contributed by atoms with Crippen molar-refractivity contribution in [2.75, 3.05) is 5.75 Å². The van der Waals surface area contributed by atoms with Crippen LogP contribution in [0.2, 0.25) is 0 Å². The summed E-state index contributed by atoms with van der Waals surface area (Å²) in [5, 5.41) is 0. The minimum absolute atomic E-state index is 1.22. The van der Waals surface area contributed by atoms with Gasteiger partial charge in [0.2, 0.25) is 0 Å². The zero-order valence-corrected chi connectivity index (χ0v) is 6.00. The Balaban J connectivity index is 2.44. The van der Waals surface area contributed by atoms with Crippen LogP contribution in [0.25, 0.3) is 0 Å². The molecule has 0 atom stereocenters. The summed E-state index contributed by atoms with van der Waals surface area (Å²) in [4.78, 5) is 1.44. The minimum Gasteiger partial charge on any atom is -0.125 e. The molecule has 0 bridgehead atoms. The summed E-state index contributed by atoms with van der Waals surface area (Å²) in [6, 6.07) is 0. The van der Waals surface area contributed by atoms with Crippen molar-refractivity contribution >= 4 is 11.8 Å². The molecule has 0 aromatic carbocycles. The zero-order valence-electron chi connectivity index (χ0n) is 5.18. The van der Waals surface area contributed by atoms with Crippen molar-refractivity contribution in [3.8, 4) is 0 Å². The number of hydrogen-bond acceptors (Lipinski definition) is 1.